The second-order valence-electron chi connectivity index (χ2n) is 6.93. The van der Waals surface area contributed by atoms with Crippen molar-refractivity contribution in [1.29, 1.82) is 0 Å². The molecule has 0 radical (unpaired) electrons. The zero-order valence-electron chi connectivity index (χ0n) is 16.3. The molecule has 0 aromatic heterocycles. The maximum absolute atomic E-state index is 12.4. The van der Waals surface area contributed by atoms with E-state index < -0.39 is 0 Å². The van der Waals surface area contributed by atoms with Crippen LogP contribution in [0.4, 0.5) is 0 Å². The quantitative estimate of drug-likeness (QED) is 0.531. The highest BCUT2D eigenvalue weighted by Crippen LogP contribution is 2.31. The van der Waals surface area contributed by atoms with Crippen molar-refractivity contribution in [3.05, 3.63) is 59.7 Å². The molecule has 0 amide bonds. The van der Waals surface area contributed by atoms with E-state index in [1.165, 1.54) is 0 Å². The van der Waals surface area contributed by atoms with Crippen LogP contribution in [0.5, 0.6) is 17.2 Å². The summed E-state index contributed by atoms with van der Waals surface area (Å²) in [7, 11) is 0. The lowest BCUT2D eigenvalue weighted by Crippen LogP contribution is -2.38. The molecule has 0 bridgehead atoms. The number of carbonyl (C=O) groups is 1. The van der Waals surface area contributed by atoms with Gasteiger partial charge in [0.2, 0.25) is 0 Å². The number of morpholine rings is 1. The number of carbonyl (C=O) groups excluding carboxylic acids is 1. The Morgan fingerprint density at radius 3 is 2.52 bits per heavy atom. The largest absolute Gasteiger partial charge is 0.492 e. The number of ether oxygens (including phenoxy) is 4. The van der Waals surface area contributed by atoms with Crippen LogP contribution < -0.4 is 14.2 Å². The Morgan fingerprint density at radius 2 is 1.72 bits per heavy atom. The molecule has 4 rings (SSSR count). The van der Waals surface area contributed by atoms with E-state index in [9.17, 15) is 4.79 Å². The first-order valence-corrected chi connectivity index (χ1v) is 9.93. The predicted molar refractivity (Wildman–Crippen MR) is 110 cm³/mol. The highest BCUT2D eigenvalue weighted by Gasteiger charge is 2.14. The average Bonchev–Trinajstić information content (AvgIpc) is 2.79. The van der Waals surface area contributed by atoms with Crippen molar-refractivity contribution in [2.45, 2.75) is 0 Å². The lowest BCUT2D eigenvalue weighted by Gasteiger charge is -2.26. The van der Waals surface area contributed by atoms with Gasteiger partial charge < -0.3 is 18.9 Å². The number of ketones is 1. The first-order chi connectivity index (χ1) is 14.3. The molecule has 29 heavy (non-hydrogen) atoms. The van der Waals surface area contributed by atoms with Crippen molar-refractivity contribution in [3.63, 3.8) is 0 Å². The van der Waals surface area contributed by atoms with Gasteiger partial charge in [0.25, 0.3) is 0 Å². The molecule has 0 aliphatic carbocycles. The van der Waals surface area contributed by atoms with Gasteiger partial charge >= 0.3 is 0 Å². The van der Waals surface area contributed by atoms with Gasteiger partial charge in [-0.3, -0.25) is 9.69 Å². The van der Waals surface area contributed by atoms with Crippen LogP contribution in [0.1, 0.15) is 15.9 Å². The highest BCUT2D eigenvalue weighted by atomic mass is 16.6. The maximum Gasteiger partial charge on any atom is 0.185 e. The third-order valence-electron chi connectivity index (χ3n) is 4.91. The van der Waals surface area contributed by atoms with Gasteiger partial charge in [-0.25, -0.2) is 0 Å². The predicted octanol–water partition coefficient (Wildman–Crippen LogP) is 3.06. The Hall–Kier alpha value is -2.83. The Bertz CT molecular complexity index is 856. The van der Waals surface area contributed by atoms with Crippen molar-refractivity contribution in [2.75, 3.05) is 52.7 Å². The van der Waals surface area contributed by atoms with Crippen LogP contribution in [0, 0.1) is 0 Å². The summed E-state index contributed by atoms with van der Waals surface area (Å²) >= 11 is 0. The van der Waals surface area contributed by atoms with E-state index in [1.54, 1.807) is 30.4 Å². The summed E-state index contributed by atoms with van der Waals surface area (Å²) in [5.41, 5.74) is 1.52. The van der Waals surface area contributed by atoms with Crippen LogP contribution in [0.15, 0.2) is 48.5 Å². The molecule has 0 spiro atoms. The molecular weight excluding hydrogens is 370 g/mol. The molecule has 0 atom stereocenters. The van der Waals surface area contributed by atoms with Gasteiger partial charge in [0.05, 0.1) is 13.2 Å². The van der Waals surface area contributed by atoms with Gasteiger partial charge in [0, 0.05) is 25.2 Å². The van der Waals surface area contributed by atoms with Crippen LogP contribution >= 0.6 is 0 Å². The molecule has 2 heterocycles. The summed E-state index contributed by atoms with van der Waals surface area (Å²) in [6.07, 6.45) is 3.37. The zero-order valence-corrected chi connectivity index (χ0v) is 16.3. The maximum atomic E-state index is 12.4. The van der Waals surface area contributed by atoms with Gasteiger partial charge in [-0.05, 0) is 42.0 Å². The Labute approximate surface area is 170 Å². The van der Waals surface area contributed by atoms with Crippen LogP contribution in [0.2, 0.25) is 0 Å². The lowest BCUT2D eigenvalue weighted by molar-refractivity contribution is 0.0322. The fourth-order valence-corrected chi connectivity index (χ4v) is 3.26. The van der Waals surface area contributed by atoms with Gasteiger partial charge in [-0.15, -0.1) is 0 Å². The fourth-order valence-electron chi connectivity index (χ4n) is 3.26. The van der Waals surface area contributed by atoms with E-state index >= 15 is 0 Å². The van der Waals surface area contributed by atoms with Gasteiger partial charge in [-0.1, -0.05) is 18.2 Å². The first-order valence-electron chi connectivity index (χ1n) is 9.93. The van der Waals surface area contributed by atoms with Crippen molar-refractivity contribution in [3.8, 4) is 17.2 Å². The lowest BCUT2D eigenvalue weighted by atomic mass is 10.1. The molecule has 1 fully saturated rings. The molecule has 1 saturated heterocycles. The molecule has 0 N–H and O–H groups in total. The van der Waals surface area contributed by atoms with Gasteiger partial charge in [0.1, 0.15) is 25.6 Å². The minimum atomic E-state index is -0.0761. The van der Waals surface area contributed by atoms with E-state index in [0.717, 1.165) is 44.2 Å². The number of benzene rings is 2. The van der Waals surface area contributed by atoms with Crippen molar-refractivity contribution in [2.24, 2.45) is 0 Å². The topological polar surface area (TPSA) is 57.2 Å². The molecule has 6 nitrogen and oxygen atoms in total. The molecule has 152 valence electrons. The third-order valence-corrected chi connectivity index (χ3v) is 4.91. The number of hydrogen-bond acceptors (Lipinski definition) is 6. The third kappa shape index (κ3) is 5.37. The van der Waals surface area contributed by atoms with E-state index in [0.29, 0.717) is 36.9 Å². The van der Waals surface area contributed by atoms with E-state index in [-0.39, 0.29) is 5.78 Å². The van der Waals surface area contributed by atoms with Crippen molar-refractivity contribution >= 4 is 11.9 Å². The summed E-state index contributed by atoms with van der Waals surface area (Å²) in [6.45, 7) is 6.11. The molecule has 0 unspecified atom stereocenters. The number of hydrogen-bond donors (Lipinski definition) is 0. The Balaban J connectivity index is 1.28. The van der Waals surface area contributed by atoms with E-state index in [2.05, 4.69) is 4.90 Å². The van der Waals surface area contributed by atoms with E-state index in [1.807, 2.05) is 24.3 Å². The van der Waals surface area contributed by atoms with Gasteiger partial charge in [0.15, 0.2) is 17.3 Å². The summed E-state index contributed by atoms with van der Waals surface area (Å²) in [6, 6.07) is 13.0. The number of fused-ring (bicyclic) bond motifs is 1. The molecular formula is C23H25NO5. The number of allylic oxidation sites excluding steroid dienone is 1. The summed E-state index contributed by atoms with van der Waals surface area (Å²) < 4.78 is 22.2. The molecule has 0 saturated carbocycles. The fraction of sp³-hybridized carbons (Fsp3) is 0.348. The summed E-state index contributed by atoms with van der Waals surface area (Å²) in [5.74, 6) is 2.05. The Morgan fingerprint density at radius 1 is 0.966 bits per heavy atom. The molecule has 2 aliphatic rings. The van der Waals surface area contributed by atoms with Crippen LogP contribution in [-0.2, 0) is 4.74 Å². The minimum Gasteiger partial charge on any atom is -0.492 e. The smallest absolute Gasteiger partial charge is 0.185 e. The van der Waals surface area contributed by atoms with Gasteiger partial charge in [-0.2, -0.15) is 0 Å². The summed E-state index contributed by atoms with van der Waals surface area (Å²) in [5, 5.41) is 0. The SMILES string of the molecule is O=C(/C=C/c1ccc(OCCN2CCOCC2)cc1)c1ccc2c(c1)OCCO2. The van der Waals surface area contributed by atoms with Crippen LogP contribution in [0.3, 0.4) is 0 Å². The van der Waals surface area contributed by atoms with Crippen molar-refractivity contribution < 1.29 is 23.7 Å². The van der Waals surface area contributed by atoms with Crippen LogP contribution in [0.25, 0.3) is 6.08 Å². The number of rotatable bonds is 7. The second kappa shape index (κ2) is 9.58. The minimum absolute atomic E-state index is 0.0761. The first kappa shape index (κ1) is 19.5. The number of nitrogens with zero attached hydrogens (tertiary/aromatic N) is 1. The molecule has 2 aliphatic heterocycles. The van der Waals surface area contributed by atoms with Crippen molar-refractivity contribution in [1.82, 2.24) is 4.90 Å². The second-order valence-corrected chi connectivity index (χ2v) is 6.93. The molecule has 6 heteroatoms. The monoisotopic (exact) mass is 395 g/mol. The zero-order chi connectivity index (χ0) is 19.9. The van der Waals surface area contributed by atoms with E-state index in [4.69, 9.17) is 18.9 Å². The highest BCUT2D eigenvalue weighted by molar-refractivity contribution is 6.07. The molecule has 2 aromatic carbocycles. The molecule has 2 aromatic rings. The Kier molecular flexibility index (Phi) is 6.44. The standard InChI is InChI=1S/C23H25NO5/c25-21(19-4-8-22-23(17-19)29-16-15-28-22)7-3-18-1-5-20(6-2-18)27-14-11-24-9-12-26-13-10-24/h1-8,17H,9-16H2/b7-3+. The normalized spacial score (nSPS) is 16.7. The summed E-state index contributed by atoms with van der Waals surface area (Å²) in [4.78, 5) is 14.8. The average molecular weight is 395 g/mol. The van der Waals surface area contributed by atoms with Crippen LogP contribution in [-0.4, -0.2) is 63.4 Å².